The molecule has 0 spiro atoms. The first kappa shape index (κ1) is 15.3. The summed E-state index contributed by atoms with van der Waals surface area (Å²) >= 11 is 7.66. The lowest BCUT2D eigenvalue weighted by Crippen LogP contribution is -2.19. The Morgan fingerprint density at radius 1 is 1.10 bits per heavy atom. The van der Waals surface area contributed by atoms with E-state index in [-0.39, 0.29) is 11.1 Å². The van der Waals surface area contributed by atoms with Crippen molar-refractivity contribution in [1.82, 2.24) is 5.32 Å². The number of benzene rings is 2. The second kappa shape index (κ2) is 6.57. The zero-order valence-electron chi connectivity index (χ0n) is 11.1. The van der Waals surface area contributed by atoms with Crippen molar-refractivity contribution in [3.63, 3.8) is 0 Å². The van der Waals surface area contributed by atoms with Gasteiger partial charge in [0.15, 0.2) is 11.6 Å². The fourth-order valence-corrected chi connectivity index (χ4v) is 3.04. The highest BCUT2D eigenvalue weighted by atomic mass is 35.5. The minimum absolute atomic E-state index is 0.208. The lowest BCUT2D eigenvalue weighted by Gasteiger charge is -2.21. The molecule has 1 atom stereocenters. The molecule has 0 aliphatic rings. The summed E-state index contributed by atoms with van der Waals surface area (Å²) in [6, 6.07) is 9.65. The lowest BCUT2D eigenvalue weighted by atomic mass is 9.98. The van der Waals surface area contributed by atoms with Crippen molar-refractivity contribution in [2.24, 2.45) is 0 Å². The van der Waals surface area contributed by atoms with Gasteiger partial charge in [0, 0.05) is 9.92 Å². The van der Waals surface area contributed by atoms with Gasteiger partial charge in [-0.05, 0) is 42.6 Å². The fraction of sp³-hybridized carbons (Fsp3) is 0.200. The van der Waals surface area contributed by atoms with E-state index in [1.165, 1.54) is 0 Å². The average Bonchev–Trinajstić information content (AvgIpc) is 2.45. The van der Waals surface area contributed by atoms with Crippen molar-refractivity contribution in [1.29, 1.82) is 0 Å². The molecule has 2 aromatic rings. The molecule has 5 heteroatoms. The third-order valence-corrected chi connectivity index (χ3v) is 4.23. The van der Waals surface area contributed by atoms with Crippen molar-refractivity contribution in [2.75, 3.05) is 13.3 Å². The molecule has 1 unspecified atom stereocenters. The molecular weight excluding hydrogens is 300 g/mol. The molecule has 2 aromatic carbocycles. The second-order valence-corrected chi connectivity index (χ2v) is 5.51. The maximum absolute atomic E-state index is 13.5. The lowest BCUT2D eigenvalue weighted by molar-refractivity contribution is 0.505. The van der Waals surface area contributed by atoms with Crippen LogP contribution in [0.5, 0.6) is 0 Å². The van der Waals surface area contributed by atoms with E-state index in [4.69, 9.17) is 11.6 Å². The van der Waals surface area contributed by atoms with Crippen molar-refractivity contribution >= 4 is 23.4 Å². The van der Waals surface area contributed by atoms with E-state index in [1.807, 2.05) is 30.5 Å². The molecule has 0 saturated carbocycles. The third kappa shape index (κ3) is 2.97. The van der Waals surface area contributed by atoms with E-state index in [2.05, 4.69) is 5.32 Å². The third-order valence-electron chi connectivity index (χ3n) is 3.09. The summed E-state index contributed by atoms with van der Waals surface area (Å²) in [6.45, 7) is 0. The van der Waals surface area contributed by atoms with Crippen LogP contribution in [-0.2, 0) is 0 Å². The summed E-state index contributed by atoms with van der Waals surface area (Å²) in [5.74, 6) is -1.84. The highest BCUT2D eigenvalue weighted by Crippen LogP contribution is 2.34. The standard InChI is InChI=1S/C15H14ClF2NS/c1-19-15(9-5-3-4-6-14(9)20-2)10-7-12(17)13(18)8-11(10)16/h3-8,15,19H,1-2H3. The minimum atomic E-state index is -0.938. The van der Waals surface area contributed by atoms with Crippen LogP contribution in [0, 0.1) is 11.6 Å². The molecule has 0 radical (unpaired) electrons. The molecule has 0 aliphatic carbocycles. The van der Waals surface area contributed by atoms with Gasteiger partial charge in [0.1, 0.15) is 0 Å². The molecule has 0 fully saturated rings. The fourth-order valence-electron chi connectivity index (χ4n) is 2.14. The largest absolute Gasteiger partial charge is 0.309 e. The van der Waals surface area contributed by atoms with Gasteiger partial charge in [0.05, 0.1) is 6.04 Å². The topological polar surface area (TPSA) is 12.0 Å². The Hall–Kier alpha value is -1.10. The monoisotopic (exact) mass is 313 g/mol. The quantitative estimate of drug-likeness (QED) is 0.651. The van der Waals surface area contributed by atoms with Crippen molar-refractivity contribution in [2.45, 2.75) is 10.9 Å². The predicted octanol–water partition coefficient (Wildman–Crippen LogP) is 4.65. The summed E-state index contributed by atoms with van der Waals surface area (Å²) in [7, 11) is 1.76. The summed E-state index contributed by atoms with van der Waals surface area (Å²) in [5.41, 5.74) is 1.50. The van der Waals surface area contributed by atoms with Gasteiger partial charge in [-0.3, -0.25) is 0 Å². The van der Waals surface area contributed by atoms with Crippen LogP contribution in [0.1, 0.15) is 17.2 Å². The first-order valence-corrected chi connectivity index (χ1v) is 7.63. The van der Waals surface area contributed by atoms with Crippen LogP contribution < -0.4 is 5.32 Å². The molecule has 0 aliphatic heterocycles. The van der Waals surface area contributed by atoms with Crippen LogP contribution >= 0.6 is 23.4 Å². The molecule has 1 nitrogen and oxygen atoms in total. The van der Waals surface area contributed by atoms with E-state index in [1.54, 1.807) is 18.8 Å². The van der Waals surface area contributed by atoms with Gasteiger partial charge < -0.3 is 5.32 Å². The Morgan fingerprint density at radius 3 is 2.40 bits per heavy atom. The van der Waals surface area contributed by atoms with E-state index in [0.717, 1.165) is 22.6 Å². The molecule has 0 amide bonds. The summed E-state index contributed by atoms with van der Waals surface area (Å²) in [4.78, 5) is 1.06. The summed E-state index contributed by atoms with van der Waals surface area (Å²) in [6.07, 6.45) is 1.97. The Balaban J connectivity index is 2.55. The molecule has 0 aromatic heterocycles. The Bertz CT molecular complexity index is 619. The van der Waals surface area contributed by atoms with Crippen LogP contribution in [0.15, 0.2) is 41.3 Å². The number of rotatable bonds is 4. The van der Waals surface area contributed by atoms with Gasteiger partial charge in [-0.2, -0.15) is 0 Å². The van der Waals surface area contributed by atoms with Gasteiger partial charge in [-0.1, -0.05) is 29.8 Å². The van der Waals surface area contributed by atoms with E-state index in [9.17, 15) is 8.78 Å². The van der Waals surface area contributed by atoms with E-state index < -0.39 is 11.6 Å². The van der Waals surface area contributed by atoms with Gasteiger partial charge in [0.25, 0.3) is 0 Å². The smallest absolute Gasteiger partial charge is 0.160 e. The molecular formula is C15H14ClF2NS. The molecule has 20 heavy (non-hydrogen) atoms. The van der Waals surface area contributed by atoms with Crippen molar-refractivity contribution in [3.05, 3.63) is 64.2 Å². The van der Waals surface area contributed by atoms with Gasteiger partial charge in [-0.25, -0.2) is 8.78 Å². The number of hydrogen-bond acceptors (Lipinski definition) is 2. The first-order valence-electron chi connectivity index (χ1n) is 6.03. The maximum Gasteiger partial charge on any atom is 0.160 e. The first-order chi connectivity index (χ1) is 9.58. The average molecular weight is 314 g/mol. The second-order valence-electron chi connectivity index (χ2n) is 4.25. The van der Waals surface area contributed by atoms with Gasteiger partial charge in [0.2, 0.25) is 0 Å². The van der Waals surface area contributed by atoms with E-state index in [0.29, 0.717) is 5.56 Å². The minimum Gasteiger partial charge on any atom is -0.309 e. The number of thioether (sulfide) groups is 1. The maximum atomic E-state index is 13.5. The molecule has 1 N–H and O–H groups in total. The Labute approximate surface area is 126 Å². The van der Waals surface area contributed by atoms with Crippen molar-refractivity contribution in [3.8, 4) is 0 Å². The van der Waals surface area contributed by atoms with Crippen LogP contribution in [0.4, 0.5) is 8.78 Å². The Morgan fingerprint density at radius 2 is 1.75 bits per heavy atom. The van der Waals surface area contributed by atoms with E-state index >= 15 is 0 Å². The molecule has 106 valence electrons. The van der Waals surface area contributed by atoms with Crippen molar-refractivity contribution < 1.29 is 8.78 Å². The van der Waals surface area contributed by atoms with Crippen LogP contribution in [0.2, 0.25) is 5.02 Å². The highest BCUT2D eigenvalue weighted by Gasteiger charge is 2.20. The van der Waals surface area contributed by atoms with Crippen LogP contribution in [0.3, 0.4) is 0 Å². The van der Waals surface area contributed by atoms with Crippen LogP contribution in [-0.4, -0.2) is 13.3 Å². The SMILES string of the molecule is CNC(c1cc(F)c(F)cc1Cl)c1ccccc1SC. The highest BCUT2D eigenvalue weighted by molar-refractivity contribution is 7.98. The number of nitrogens with one attached hydrogen (secondary N) is 1. The zero-order valence-corrected chi connectivity index (χ0v) is 12.7. The normalized spacial score (nSPS) is 12.4. The number of halogens is 3. The predicted molar refractivity (Wildman–Crippen MR) is 80.5 cm³/mol. The van der Waals surface area contributed by atoms with Crippen LogP contribution in [0.25, 0.3) is 0 Å². The zero-order chi connectivity index (χ0) is 14.7. The van der Waals surface area contributed by atoms with Gasteiger partial charge >= 0.3 is 0 Å². The number of hydrogen-bond donors (Lipinski definition) is 1. The van der Waals surface area contributed by atoms with Gasteiger partial charge in [-0.15, -0.1) is 11.8 Å². The molecule has 0 bridgehead atoms. The molecule has 0 heterocycles. The summed E-state index contributed by atoms with van der Waals surface area (Å²) in [5, 5.41) is 3.32. The molecule has 2 rings (SSSR count). The Kier molecular flexibility index (Phi) is 5.02. The summed E-state index contributed by atoms with van der Waals surface area (Å²) < 4.78 is 26.7. The molecule has 0 saturated heterocycles.